The largest absolute Gasteiger partial charge is 0.486 e. The molecular formula is C18H16N2O3S. The highest BCUT2D eigenvalue weighted by Gasteiger charge is 2.14. The van der Waals surface area contributed by atoms with E-state index in [0.29, 0.717) is 30.7 Å². The van der Waals surface area contributed by atoms with Crippen LogP contribution in [0, 0.1) is 6.92 Å². The van der Waals surface area contributed by atoms with Crippen molar-refractivity contribution >= 4 is 11.8 Å². The maximum atomic E-state index is 5.60. The molecule has 5 nitrogen and oxygen atoms in total. The second kappa shape index (κ2) is 6.57. The van der Waals surface area contributed by atoms with Crippen LogP contribution in [0.1, 0.15) is 11.5 Å². The number of benzene rings is 2. The summed E-state index contributed by atoms with van der Waals surface area (Å²) in [6.45, 7) is 3.23. The van der Waals surface area contributed by atoms with Crippen molar-refractivity contribution in [3.05, 3.63) is 53.9 Å². The quantitative estimate of drug-likeness (QED) is 0.666. The van der Waals surface area contributed by atoms with Crippen LogP contribution in [0.15, 0.2) is 51.9 Å². The lowest BCUT2D eigenvalue weighted by atomic mass is 10.1. The molecule has 0 radical (unpaired) electrons. The van der Waals surface area contributed by atoms with Crippen molar-refractivity contribution in [1.29, 1.82) is 0 Å². The van der Waals surface area contributed by atoms with Crippen molar-refractivity contribution < 1.29 is 14.0 Å². The molecule has 1 aliphatic heterocycles. The van der Waals surface area contributed by atoms with E-state index < -0.39 is 0 Å². The van der Waals surface area contributed by atoms with Crippen molar-refractivity contribution in [3.8, 4) is 22.9 Å². The van der Waals surface area contributed by atoms with Gasteiger partial charge < -0.3 is 14.0 Å². The van der Waals surface area contributed by atoms with Gasteiger partial charge in [0.15, 0.2) is 11.5 Å². The minimum absolute atomic E-state index is 0.588. The Morgan fingerprint density at radius 3 is 2.75 bits per heavy atom. The molecule has 0 unspecified atom stereocenters. The summed E-state index contributed by atoms with van der Waals surface area (Å²) in [7, 11) is 0. The second-order valence-electron chi connectivity index (χ2n) is 5.42. The van der Waals surface area contributed by atoms with Gasteiger partial charge in [-0.25, -0.2) is 0 Å². The fourth-order valence-corrected chi connectivity index (χ4v) is 3.27. The average Bonchev–Trinajstić information content (AvgIpc) is 3.09. The summed E-state index contributed by atoms with van der Waals surface area (Å²) in [5.74, 6) is 3.43. The second-order valence-corrected chi connectivity index (χ2v) is 6.47. The molecule has 3 aromatic rings. The number of nitrogens with zero attached hydrogens (tertiary/aromatic N) is 2. The molecule has 4 rings (SSSR count). The zero-order chi connectivity index (χ0) is 16.4. The van der Waals surface area contributed by atoms with E-state index in [1.807, 2.05) is 49.4 Å². The van der Waals surface area contributed by atoms with Crippen LogP contribution in [0.3, 0.4) is 0 Å². The normalized spacial score (nSPS) is 13.0. The van der Waals surface area contributed by atoms with E-state index in [0.717, 1.165) is 27.5 Å². The maximum absolute atomic E-state index is 5.60. The van der Waals surface area contributed by atoms with Crippen molar-refractivity contribution in [2.45, 2.75) is 17.6 Å². The van der Waals surface area contributed by atoms with Crippen LogP contribution < -0.4 is 9.47 Å². The summed E-state index contributed by atoms with van der Waals surface area (Å²) in [5.41, 5.74) is 2.13. The molecule has 0 saturated heterocycles. The minimum atomic E-state index is 0.588. The Morgan fingerprint density at radius 2 is 1.88 bits per heavy atom. The summed E-state index contributed by atoms with van der Waals surface area (Å²) < 4.78 is 16.5. The fraction of sp³-hybridized carbons (Fsp3) is 0.222. The highest BCUT2D eigenvalue weighted by molar-refractivity contribution is 7.98. The lowest BCUT2D eigenvalue weighted by molar-refractivity contribution is 0.171. The van der Waals surface area contributed by atoms with Gasteiger partial charge in [-0.3, -0.25) is 0 Å². The number of thioether (sulfide) groups is 1. The van der Waals surface area contributed by atoms with E-state index in [4.69, 9.17) is 14.0 Å². The third kappa shape index (κ3) is 3.10. The Labute approximate surface area is 144 Å². The summed E-state index contributed by atoms with van der Waals surface area (Å²) >= 11 is 1.63. The van der Waals surface area contributed by atoms with Gasteiger partial charge >= 0.3 is 0 Å². The van der Waals surface area contributed by atoms with Crippen LogP contribution in [0.2, 0.25) is 0 Å². The smallest absolute Gasteiger partial charge is 0.237 e. The van der Waals surface area contributed by atoms with Crippen molar-refractivity contribution in [1.82, 2.24) is 10.1 Å². The van der Waals surface area contributed by atoms with Crippen LogP contribution in [0.25, 0.3) is 11.4 Å². The van der Waals surface area contributed by atoms with Crippen LogP contribution in [-0.2, 0) is 5.75 Å². The van der Waals surface area contributed by atoms with Gasteiger partial charge in [0.2, 0.25) is 11.7 Å². The first-order valence-corrected chi connectivity index (χ1v) is 8.69. The van der Waals surface area contributed by atoms with Gasteiger partial charge in [0, 0.05) is 10.5 Å². The summed E-state index contributed by atoms with van der Waals surface area (Å²) in [6, 6.07) is 13.9. The molecule has 24 heavy (non-hydrogen) atoms. The number of aromatic nitrogens is 2. The Kier molecular flexibility index (Phi) is 4.13. The molecule has 2 heterocycles. The van der Waals surface area contributed by atoms with Gasteiger partial charge in [0.05, 0.1) is 5.75 Å². The van der Waals surface area contributed by atoms with Gasteiger partial charge in [-0.2, -0.15) is 4.98 Å². The standard InChI is InChI=1S/C18H16N2O3S/c1-12-4-2-3-5-14(12)18-19-17(23-20-18)11-24-13-6-7-15-16(10-13)22-9-8-21-15/h2-7,10H,8-9,11H2,1H3. The highest BCUT2D eigenvalue weighted by Crippen LogP contribution is 2.35. The molecule has 0 fully saturated rings. The van der Waals surface area contributed by atoms with Crippen molar-refractivity contribution in [3.63, 3.8) is 0 Å². The Morgan fingerprint density at radius 1 is 1.04 bits per heavy atom. The third-order valence-electron chi connectivity index (χ3n) is 3.73. The van der Waals surface area contributed by atoms with Gasteiger partial charge in [-0.05, 0) is 30.7 Å². The van der Waals surface area contributed by atoms with E-state index >= 15 is 0 Å². The predicted octanol–water partition coefficient (Wildman–Crippen LogP) is 4.11. The van der Waals surface area contributed by atoms with Crippen molar-refractivity contribution in [2.24, 2.45) is 0 Å². The van der Waals surface area contributed by atoms with Crippen LogP contribution in [0.4, 0.5) is 0 Å². The molecule has 1 aromatic heterocycles. The lowest BCUT2D eigenvalue weighted by Gasteiger charge is -2.18. The van der Waals surface area contributed by atoms with Crippen LogP contribution in [0.5, 0.6) is 11.5 Å². The monoisotopic (exact) mass is 340 g/mol. The zero-order valence-electron chi connectivity index (χ0n) is 13.2. The molecule has 0 aliphatic carbocycles. The van der Waals surface area contributed by atoms with Crippen molar-refractivity contribution in [2.75, 3.05) is 13.2 Å². The SMILES string of the molecule is Cc1ccccc1-c1noc(CSc2ccc3c(c2)OCCO3)n1. The summed E-state index contributed by atoms with van der Waals surface area (Å²) in [4.78, 5) is 5.57. The number of fused-ring (bicyclic) bond motifs is 1. The van der Waals surface area contributed by atoms with Gasteiger partial charge in [0.25, 0.3) is 0 Å². The number of rotatable bonds is 4. The van der Waals surface area contributed by atoms with E-state index in [1.54, 1.807) is 11.8 Å². The molecule has 0 N–H and O–H groups in total. The molecule has 0 saturated carbocycles. The Bertz CT molecular complexity index is 863. The number of aryl methyl sites for hydroxylation is 1. The van der Waals surface area contributed by atoms with E-state index in [-0.39, 0.29) is 0 Å². The topological polar surface area (TPSA) is 57.4 Å². The van der Waals surface area contributed by atoms with Crippen LogP contribution in [-0.4, -0.2) is 23.4 Å². The number of ether oxygens (including phenoxy) is 2. The Hall–Kier alpha value is -2.47. The first-order chi connectivity index (χ1) is 11.8. The average molecular weight is 340 g/mol. The molecule has 2 aromatic carbocycles. The lowest BCUT2D eigenvalue weighted by Crippen LogP contribution is -2.15. The van der Waals surface area contributed by atoms with E-state index in [9.17, 15) is 0 Å². The first kappa shape index (κ1) is 15.1. The fourth-order valence-electron chi connectivity index (χ4n) is 2.51. The maximum Gasteiger partial charge on any atom is 0.237 e. The molecule has 0 bridgehead atoms. The number of hydrogen-bond acceptors (Lipinski definition) is 6. The molecule has 0 amide bonds. The molecule has 0 spiro atoms. The summed E-state index contributed by atoms with van der Waals surface area (Å²) in [6.07, 6.45) is 0. The third-order valence-corrected chi connectivity index (χ3v) is 4.71. The predicted molar refractivity (Wildman–Crippen MR) is 91.5 cm³/mol. The van der Waals surface area contributed by atoms with E-state index in [2.05, 4.69) is 10.1 Å². The van der Waals surface area contributed by atoms with Gasteiger partial charge in [0.1, 0.15) is 13.2 Å². The minimum Gasteiger partial charge on any atom is -0.486 e. The number of hydrogen-bond donors (Lipinski definition) is 0. The highest BCUT2D eigenvalue weighted by atomic mass is 32.2. The molecule has 1 aliphatic rings. The Balaban J connectivity index is 1.46. The summed E-state index contributed by atoms with van der Waals surface area (Å²) in [5, 5.41) is 4.09. The van der Waals surface area contributed by atoms with E-state index in [1.165, 1.54) is 0 Å². The van der Waals surface area contributed by atoms with Gasteiger partial charge in [-0.1, -0.05) is 29.4 Å². The molecular weight excluding hydrogens is 324 g/mol. The zero-order valence-corrected chi connectivity index (χ0v) is 14.0. The van der Waals surface area contributed by atoms with Crippen LogP contribution >= 0.6 is 11.8 Å². The first-order valence-electron chi connectivity index (χ1n) is 7.70. The van der Waals surface area contributed by atoms with Gasteiger partial charge in [-0.15, -0.1) is 11.8 Å². The molecule has 0 atom stereocenters. The molecule has 6 heteroatoms. The molecule has 122 valence electrons.